The van der Waals surface area contributed by atoms with Gasteiger partial charge in [0.05, 0.1) is 5.38 Å². The van der Waals surface area contributed by atoms with Gasteiger partial charge in [-0.1, -0.05) is 20.8 Å². The van der Waals surface area contributed by atoms with Crippen LogP contribution in [-0.2, 0) is 4.79 Å². The van der Waals surface area contributed by atoms with Crippen molar-refractivity contribution < 1.29 is 4.79 Å². The minimum atomic E-state index is -0.212. The van der Waals surface area contributed by atoms with Crippen LogP contribution >= 0.6 is 11.6 Å². The molecule has 22 heavy (non-hydrogen) atoms. The molecule has 124 valence electrons. The number of carbonyl (C=O) groups is 1. The Bertz CT molecular complexity index is 488. The lowest BCUT2D eigenvalue weighted by atomic mass is 9.45. The van der Waals surface area contributed by atoms with Crippen LogP contribution in [0.2, 0.25) is 0 Å². The number of alkyl halides is 1. The Labute approximate surface area is 140 Å². The maximum atomic E-state index is 12.1. The van der Waals surface area contributed by atoms with E-state index in [4.69, 9.17) is 11.6 Å². The molecule has 0 saturated heterocycles. The van der Waals surface area contributed by atoms with Crippen molar-refractivity contribution in [1.82, 2.24) is 0 Å². The van der Waals surface area contributed by atoms with Crippen LogP contribution in [0.5, 0.6) is 0 Å². The van der Waals surface area contributed by atoms with Crippen LogP contribution in [0, 0.1) is 40.4 Å². The van der Waals surface area contributed by atoms with E-state index in [1.54, 1.807) is 0 Å². The lowest BCUT2D eigenvalue weighted by Gasteiger charge is -2.60. The number of carbonyl (C=O) groups excluding carboxylic acids is 1. The molecule has 0 spiro atoms. The van der Waals surface area contributed by atoms with Crippen molar-refractivity contribution in [3.63, 3.8) is 0 Å². The van der Waals surface area contributed by atoms with E-state index in [0.717, 1.165) is 36.5 Å². The molecule has 2 heteroatoms. The molecular weight excluding hydrogens is 292 g/mol. The van der Waals surface area contributed by atoms with Gasteiger partial charge in [-0.05, 0) is 85.4 Å². The first-order valence-corrected chi connectivity index (χ1v) is 9.96. The van der Waals surface area contributed by atoms with Gasteiger partial charge in [-0.2, -0.15) is 0 Å². The van der Waals surface area contributed by atoms with Gasteiger partial charge >= 0.3 is 0 Å². The van der Waals surface area contributed by atoms with E-state index in [1.807, 2.05) is 0 Å². The number of fused-ring (bicyclic) bond motifs is 5. The molecule has 4 aliphatic rings. The minimum absolute atomic E-state index is 0.212. The average Bonchev–Trinajstić information content (AvgIpc) is 2.77. The molecule has 0 heterocycles. The summed E-state index contributed by atoms with van der Waals surface area (Å²) >= 11 is 6.42. The number of halogens is 1. The summed E-state index contributed by atoms with van der Waals surface area (Å²) in [5.41, 5.74) is 0.922. The molecule has 0 aromatic heterocycles. The number of rotatable bonds is 0. The Kier molecular flexibility index (Phi) is 3.50. The normalized spacial score (nSPS) is 57.9. The predicted molar refractivity (Wildman–Crippen MR) is 90.9 cm³/mol. The second-order valence-corrected chi connectivity index (χ2v) is 10.0. The molecule has 8 atom stereocenters. The Morgan fingerprint density at radius 3 is 2.50 bits per heavy atom. The van der Waals surface area contributed by atoms with Gasteiger partial charge in [-0.3, -0.25) is 4.79 Å². The smallest absolute Gasteiger partial charge is 0.150 e. The van der Waals surface area contributed by atoms with Gasteiger partial charge in [-0.15, -0.1) is 11.6 Å². The number of ketones is 1. The standard InChI is InChI=1S/C20H31ClO/c1-12-4-7-15-14-6-5-13-10-18(22)17(21)11-20(13,3)16(14)8-9-19(12,15)2/h12-17H,4-11H2,1-3H3/t12-,13-,14-,15-,16-,17+,19+,20-/m0/s1. The van der Waals surface area contributed by atoms with Gasteiger partial charge in [0.15, 0.2) is 5.78 Å². The summed E-state index contributed by atoms with van der Waals surface area (Å²) in [6.07, 6.45) is 10.0. The zero-order chi connectivity index (χ0) is 15.7. The molecule has 0 unspecified atom stereocenters. The Morgan fingerprint density at radius 1 is 1.00 bits per heavy atom. The summed E-state index contributed by atoms with van der Waals surface area (Å²) in [4.78, 5) is 12.1. The van der Waals surface area contributed by atoms with Crippen LogP contribution in [0.15, 0.2) is 0 Å². The third kappa shape index (κ3) is 1.93. The quantitative estimate of drug-likeness (QED) is 0.542. The first kappa shape index (κ1) is 15.5. The Hall–Kier alpha value is -0.0400. The van der Waals surface area contributed by atoms with Crippen LogP contribution in [0.1, 0.15) is 72.1 Å². The zero-order valence-corrected chi connectivity index (χ0v) is 15.2. The predicted octanol–water partition coefficient (Wildman–Crippen LogP) is 5.45. The largest absolute Gasteiger partial charge is 0.298 e. The van der Waals surface area contributed by atoms with Gasteiger partial charge in [0.1, 0.15) is 0 Å². The second kappa shape index (κ2) is 4.98. The summed E-state index contributed by atoms with van der Waals surface area (Å²) in [6.45, 7) is 7.55. The van der Waals surface area contributed by atoms with Crippen LogP contribution in [-0.4, -0.2) is 11.2 Å². The summed E-state index contributed by atoms with van der Waals surface area (Å²) < 4.78 is 0. The monoisotopic (exact) mass is 322 g/mol. The number of Topliss-reactive ketones (excluding diaryl/α,β-unsaturated/α-hetero) is 1. The summed E-state index contributed by atoms with van der Waals surface area (Å²) in [5, 5.41) is -0.212. The first-order valence-electron chi connectivity index (χ1n) is 9.53. The summed E-state index contributed by atoms with van der Waals surface area (Å²) in [6, 6.07) is 0. The molecule has 1 nitrogen and oxygen atoms in total. The SMILES string of the molecule is C[C@H]1CC[C@H]2[C@@H]3CC[C@H]4CC(=O)[C@H](Cl)C[C@]4(C)[C@H]3CC[C@]12C. The van der Waals surface area contributed by atoms with E-state index >= 15 is 0 Å². The van der Waals surface area contributed by atoms with Crippen LogP contribution < -0.4 is 0 Å². The van der Waals surface area contributed by atoms with Gasteiger partial charge < -0.3 is 0 Å². The Morgan fingerprint density at radius 2 is 1.73 bits per heavy atom. The van der Waals surface area contributed by atoms with Crippen molar-refractivity contribution in [2.75, 3.05) is 0 Å². The van der Waals surface area contributed by atoms with Crippen molar-refractivity contribution in [2.45, 2.75) is 77.5 Å². The maximum Gasteiger partial charge on any atom is 0.150 e. The Balaban J connectivity index is 1.65. The van der Waals surface area contributed by atoms with E-state index in [9.17, 15) is 4.79 Å². The first-order chi connectivity index (χ1) is 10.4. The third-order valence-corrected chi connectivity index (χ3v) is 9.35. The molecule has 4 rings (SSSR count). The summed E-state index contributed by atoms with van der Waals surface area (Å²) in [7, 11) is 0. The van der Waals surface area contributed by atoms with E-state index in [1.165, 1.54) is 38.5 Å². The molecule has 4 aliphatic carbocycles. The maximum absolute atomic E-state index is 12.1. The molecular formula is C20H31ClO. The fraction of sp³-hybridized carbons (Fsp3) is 0.950. The van der Waals surface area contributed by atoms with Gasteiger partial charge in [0, 0.05) is 6.42 Å². The molecule has 0 aliphatic heterocycles. The fourth-order valence-corrected chi connectivity index (χ4v) is 7.74. The third-order valence-electron chi connectivity index (χ3n) is 8.96. The highest BCUT2D eigenvalue weighted by atomic mass is 35.5. The highest BCUT2D eigenvalue weighted by Crippen LogP contribution is 2.67. The molecule has 4 saturated carbocycles. The molecule has 0 amide bonds. The molecule has 0 aromatic carbocycles. The van der Waals surface area contributed by atoms with E-state index in [0.29, 0.717) is 22.5 Å². The average molecular weight is 323 g/mol. The molecule has 4 fully saturated rings. The van der Waals surface area contributed by atoms with Crippen LogP contribution in [0.3, 0.4) is 0 Å². The highest BCUT2D eigenvalue weighted by molar-refractivity contribution is 6.31. The van der Waals surface area contributed by atoms with Gasteiger partial charge in [0.2, 0.25) is 0 Å². The lowest BCUT2D eigenvalue weighted by molar-refractivity contribution is -0.138. The second-order valence-electron chi connectivity index (χ2n) is 9.52. The summed E-state index contributed by atoms with van der Waals surface area (Å²) in [5.74, 6) is 4.49. The van der Waals surface area contributed by atoms with Crippen molar-refractivity contribution >= 4 is 17.4 Å². The molecule has 0 bridgehead atoms. The van der Waals surface area contributed by atoms with Crippen LogP contribution in [0.25, 0.3) is 0 Å². The highest BCUT2D eigenvalue weighted by Gasteiger charge is 2.60. The molecule has 0 aromatic rings. The van der Waals surface area contributed by atoms with E-state index in [2.05, 4.69) is 20.8 Å². The minimum Gasteiger partial charge on any atom is -0.298 e. The topological polar surface area (TPSA) is 17.1 Å². The van der Waals surface area contributed by atoms with Crippen LogP contribution in [0.4, 0.5) is 0 Å². The van der Waals surface area contributed by atoms with Crippen molar-refractivity contribution in [2.24, 2.45) is 40.4 Å². The number of hydrogen-bond donors (Lipinski definition) is 0. The molecule has 0 radical (unpaired) electrons. The zero-order valence-electron chi connectivity index (χ0n) is 14.4. The van der Waals surface area contributed by atoms with Gasteiger partial charge in [-0.25, -0.2) is 0 Å². The van der Waals surface area contributed by atoms with Crippen molar-refractivity contribution in [3.05, 3.63) is 0 Å². The number of hydrogen-bond acceptors (Lipinski definition) is 1. The lowest BCUT2D eigenvalue weighted by Crippen LogP contribution is -2.55. The molecule has 0 N–H and O–H groups in total. The van der Waals surface area contributed by atoms with E-state index in [-0.39, 0.29) is 5.38 Å². The fourth-order valence-electron chi connectivity index (χ4n) is 7.32. The van der Waals surface area contributed by atoms with Crippen molar-refractivity contribution in [1.29, 1.82) is 0 Å². The van der Waals surface area contributed by atoms with Crippen molar-refractivity contribution in [3.8, 4) is 0 Å². The van der Waals surface area contributed by atoms with E-state index < -0.39 is 0 Å². The van der Waals surface area contributed by atoms with Gasteiger partial charge in [0.25, 0.3) is 0 Å².